The van der Waals surface area contributed by atoms with Crippen LogP contribution in [0.4, 0.5) is 11.4 Å². The van der Waals surface area contributed by atoms with E-state index in [0.29, 0.717) is 11.4 Å². The molecule has 21 heavy (non-hydrogen) atoms. The van der Waals surface area contributed by atoms with Gasteiger partial charge in [-0.15, -0.1) is 0 Å². The van der Waals surface area contributed by atoms with E-state index in [1.165, 1.54) is 18.2 Å². The summed E-state index contributed by atoms with van der Waals surface area (Å²) in [5.74, 6) is 0.139. The summed E-state index contributed by atoms with van der Waals surface area (Å²) in [7, 11) is -3.67. The minimum Gasteiger partial charge on any atom is -0.508 e. The second-order valence-electron chi connectivity index (χ2n) is 4.38. The van der Waals surface area contributed by atoms with Gasteiger partial charge in [0.2, 0.25) is 10.0 Å². The molecule has 1 aliphatic rings. The van der Waals surface area contributed by atoms with Crippen molar-refractivity contribution in [1.82, 2.24) is 4.72 Å². The highest BCUT2D eigenvalue weighted by Crippen LogP contribution is 2.37. The van der Waals surface area contributed by atoms with E-state index in [2.05, 4.69) is 13.4 Å². The summed E-state index contributed by atoms with van der Waals surface area (Å²) >= 11 is 0.979. The first-order valence-electron chi connectivity index (χ1n) is 6.05. The van der Waals surface area contributed by atoms with Crippen molar-refractivity contribution in [2.45, 2.75) is 11.4 Å². The van der Waals surface area contributed by atoms with E-state index in [-0.39, 0.29) is 17.2 Å². The number of nitrogens with zero attached hydrogens (tertiary/aromatic N) is 2. The first-order chi connectivity index (χ1) is 10.1. The average molecular weight is 321 g/mol. The minimum atomic E-state index is -3.67. The Hall–Kier alpha value is -2.03. The van der Waals surface area contributed by atoms with Crippen molar-refractivity contribution in [3.05, 3.63) is 48.0 Å². The SMILES string of the molecule is O=S(=O)(NCc1ccc(O)cc1)c1cccc2c1N=S=N2. The Kier molecular flexibility index (Phi) is 3.58. The fourth-order valence-electron chi connectivity index (χ4n) is 1.87. The second kappa shape index (κ2) is 5.40. The van der Waals surface area contributed by atoms with E-state index in [1.807, 2.05) is 0 Å². The van der Waals surface area contributed by atoms with Crippen molar-refractivity contribution in [3.63, 3.8) is 0 Å². The van der Waals surface area contributed by atoms with Crippen LogP contribution in [-0.2, 0) is 27.9 Å². The number of aromatic hydroxyl groups is 1. The number of phenols is 1. The number of benzene rings is 2. The van der Waals surface area contributed by atoms with Crippen molar-refractivity contribution in [2.75, 3.05) is 0 Å². The summed E-state index contributed by atoms with van der Waals surface area (Å²) in [5, 5.41) is 9.20. The largest absolute Gasteiger partial charge is 0.508 e. The number of nitrogens with one attached hydrogen (secondary N) is 1. The molecule has 0 bridgehead atoms. The molecular weight excluding hydrogens is 310 g/mol. The molecular formula is C13H11N3O3S2. The molecule has 0 aromatic heterocycles. The lowest BCUT2D eigenvalue weighted by atomic mass is 10.2. The molecule has 0 amide bonds. The lowest BCUT2D eigenvalue weighted by molar-refractivity contribution is 0.475. The third-order valence-electron chi connectivity index (χ3n) is 2.94. The summed E-state index contributed by atoms with van der Waals surface area (Å²) in [6, 6.07) is 11.2. The van der Waals surface area contributed by atoms with Gasteiger partial charge in [-0.25, -0.2) is 13.1 Å². The summed E-state index contributed by atoms with van der Waals surface area (Å²) in [6.45, 7) is 0.135. The number of sulfonamides is 1. The first-order valence-corrected chi connectivity index (χ1v) is 8.26. The Morgan fingerprint density at radius 2 is 1.86 bits per heavy atom. The van der Waals surface area contributed by atoms with Crippen LogP contribution < -0.4 is 4.72 Å². The Bertz CT molecular complexity index is 855. The number of phenolic OH excluding ortho intramolecular Hbond substituents is 1. The first kappa shape index (κ1) is 13.9. The van der Waals surface area contributed by atoms with Gasteiger partial charge in [0.15, 0.2) is 0 Å². The van der Waals surface area contributed by atoms with Gasteiger partial charge in [0.05, 0.1) is 11.4 Å². The molecule has 8 heteroatoms. The van der Waals surface area contributed by atoms with E-state index >= 15 is 0 Å². The van der Waals surface area contributed by atoms with E-state index in [1.54, 1.807) is 24.3 Å². The molecule has 0 unspecified atom stereocenters. The third-order valence-corrected chi connectivity index (χ3v) is 4.92. The summed E-state index contributed by atoms with van der Waals surface area (Å²) < 4.78 is 35.3. The van der Waals surface area contributed by atoms with Gasteiger partial charge in [-0.05, 0) is 29.8 Å². The number of hydrogen-bond donors (Lipinski definition) is 2. The van der Waals surface area contributed by atoms with Gasteiger partial charge in [0.1, 0.15) is 22.0 Å². The molecule has 108 valence electrons. The van der Waals surface area contributed by atoms with Crippen LogP contribution in [0.5, 0.6) is 5.75 Å². The van der Waals surface area contributed by atoms with Crippen molar-refractivity contribution in [1.29, 1.82) is 0 Å². The molecule has 0 saturated heterocycles. The quantitative estimate of drug-likeness (QED) is 0.773. The van der Waals surface area contributed by atoms with Gasteiger partial charge < -0.3 is 5.11 Å². The van der Waals surface area contributed by atoms with E-state index < -0.39 is 10.0 Å². The van der Waals surface area contributed by atoms with Gasteiger partial charge in [0.25, 0.3) is 0 Å². The highest BCUT2D eigenvalue weighted by molar-refractivity contribution is 7.89. The minimum absolute atomic E-state index is 0.118. The predicted octanol–water partition coefficient (Wildman–Crippen LogP) is 2.60. The molecule has 0 aliphatic carbocycles. The zero-order chi connectivity index (χ0) is 14.9. The lowest BCUT2D eigenvalue weighted by Gasteiger charge is -2.09. The molecule has 0 fully saturated rings. The zero-order valence-corrected chi connectivity index (χ0v) is 12.4. The Labute approximate surface area is 125 Å². The molecule has 2 N–H and O–H groups in total. The molecule has 6 nitrogen and oxygen atoms in total. The van der Waals surface area contributed by atoms with Crippen molar-refractivity contribution in [2.24, 2.45) is 8.73 Å². The smallest absolute Gasteiger partial charge is 0.243 e. The number of fused-ring (bicyclic) bond motifs is 1. The van der Waals surface area contributed by atoms with Crippen LogP contribution in [0.25, 0.3) is 0 Å². The molecule has 0 saturated carbocycles. The monoisotopic (exact) mass is 321 g/mol. The molecule has 0 spiro atoms. The third kappa shape index (κ3) is 2.87. The van der Waals surface area contributed by atoms with Crippen molar-refractivity contribution in [3.8, 4) is 5.75 Å². The highest BCUT2D eigenvalue weighted by Gasteiger charge is 2.21. The maximum atomic E-state index is 12.4. The molecule has 0 radical (unpaired) electrons. The predicted molar refractivity (Wildman–Crippen MR) is 80.1 cm³/mol. The van der Waals surface area contributed by atoms with E-state index in [4.69, 9.17) is 0 Å². The molecule has 2 aromatic rings. The van der Waals surface area contributed by atoms with Gasteiger partial charge >= 0.3 is 0 Å². The van der Waals surface area contributed by atoms with Crippen LogP contribution in [0.3, 0.4) is 0 Å². The van der Waals surface area contributed by atoms with Gasteiger partial charge in [-0.1, -0.05) is 18.2 Å². The van der Waals surface area contributed by atoms with Crippen LogP contribution in [0, 0.1) is 0 Å². The van der Waals surface area contributed by atoms with Crippen LogP contribution in [-0.4, -0.2) is 13.5 Å². The van der Waals surface area contributed by atoms with Gasteiger partial charge in [-0.3, -0.25) is 0 Å². The Balaban J connectivity index is 1.84. The fourth-order valence-corrected chi connectivity index (χ4v) is 3.65. The Morgan fingerprint density at radius 3 is 2.62 bits per heavy atom. The lowest BCUT2D eigenvalue weighted by Crippen LogP contribution is -2.23. The van der Waals surface area contributed by atoms with Crippen LogP contribution in [0.2, 0.25) is 0 Å². The zero-order valence-electron chi connectivity index (χ0n) is 10.7. The maximum absolute atomic E-state index is 12.4. The normalized spacial score (nSPS) is 13.0. The van der Waals surface area contributed by atoms with Crippen LogP contribution in [0.1, 0.15) is 5.56 Å². The second-order valence-corrected chi connectivity index (χ2v) is 6.64. The maximum Gasteiger partial charge on any atom is 0.243 e. The molecule has 0 atom stereocenters. The van der Waals surface area contributed by atoms with Crippen LogP contribution >= 0.6 is 0 Å². The van der Waals surface area contributed by atoms with Crippen molar-refractivity contribution >= 4 is 32.8 Å². The molecule has 2 aromatic carbocycles. The van der Waals surface area contributed by atoms with Crippen molar-refractivity contribution < 1.29 is 13.5 Å². The highest BCUT2D eigenvalue weighted by atomic mass is 32.2. The summed E-state index contributed by atoms with van der Waals surface area (Å²) in [5.41, 5.74) is 1.69. The standard InChI is InChI=1S/C13H11N3O3S2/c17-10-6-4-9(5-7-10)8-14-21(18,19)12-3-1-2-11-13(12)16-20-15-11/h1-7,14,17H,8H2. The summed E-state index contributed by atoms with van der Waals surface area (Å²) in [6.07, 6.45) is 0. The number of rotatable bonds is 4. The topological polar surface area (TPSA) is 91.1 Å². The fraction of sp³-hybridized carbons (Fsp3) is 0.0769. The van der Waals surface area contributed by atoms with Crippen LogP contribution in [0.15, 0.2) is 56.1 Å². The van der Waals surface area contributed by atoms with E-state index in [0.717, 1.165) is 16.9 Å². The van der Waals surface area contributed by atoms with E-state index in [9.17, 15) is 13.5 Å². The molecule has 3 rings (SSSR count). The Morgan fingerprint density at radius 1 is 1.10 bits per heavy atom. The average Bonchev–Trinajstić information content (AvgIpc) is 2.95. The van der Waals surface area contributed by atoms with Gasteiger partial charge in [-0.2, -0.15) is 8.73 Å². The van der Waals surface area contributed by atoms with Gasteiger partial charge in [0, 0.05) is 6.54 Å². The molecule has 1 aliphatic heterocycles. The molecule has 1 heterocycles. The number of hydrogen-bond acceptors (Lipinski definition) is 5. The summed E-state index contributed by atoms with van der Waals surface area (Å²) in [4.78, 5) is 0.118.